The number of aliphatic hydroxyl groups is 1. The van der Waals surface area contributed by atoms with Gasteiger partial charge >= 0.3 is 0 Å². The highest BCUT2D eigenvalue weighted by Gasteiger charge is 2.52. The topological polar surface area (TPSA) is 66.3 Å². The highest BCUT2D eigenvalue weighted by atomic mass is 32.2. The summed E-state index contributed by atoms with van der Waals surface area (Å²) in [4.78, 5) is 11.9. The lowest BCUT2D eigenvalue weighted by atomic mass is 9.99. The Hall–Kier alpha value is -2.64. The van der Waals surface area contributed by atoms with Crippen molar-refractivity contribution in [1.29, 1.82) is 0 Å². The SMILES string of the molecule is O=S(CCCO)c1ccc2c(c1)N(c1ncc(-c3ccccc3F)cn1)CC21CC1. The molecule has 1 aliphatic carbocycles. The zero-order chi connectivity index (χ0) is 20.7. The molecule has 2 heterocycles. The van der Waals surface area contributed by atoms with E-state index in [-0.39, 0.29) is 17.8 Å². The van der Waals surface area contributed by atoms with Crippen LogP contribution in [0.3, 0.4) is 0 Å². The molecule has 0 bridgehead atoms. The fraction of sp³-hybridized carbons (Fsp3) is 0.304. The van der Waals surface area contributed by atoms with Crippen LogP contribution in [0.1, 0.15) is 24.8 Å². The van der Waals surface area contributed by atoms with Gasteiger partial charge in [0.15, 0.2) is 0 Å². The van der Waals surface area contributed by atoms with Gasteiger partial charge in [-0.25, -0.2) is 14.4 Å². The van der Waals surface area contributed by atoms with Crippen molar-refractivity contribution in [2.24, 2.45) is 0 Å². The molecule has 30 heavy (non-hydrogen) atoms. The van der Waals surface area contributed by atoms with Gasteiger partial charge in [0.1, 0.15) is 5.82 Å². The number of hydrogen-bond donors (Lipinski definition) is 1. The van der Waals surface area contributed by atoms with Gasteiger partial charge < -0.3 is 10.0 Å². The summed E-state index contributed by atoms with van der Waals surface area (Å²) in [5.41, 5.74) is 3.50. The zero-order valence-electron chi connectivity index (χ0n) is 16.4. The highest BCUT2D eigenvalue weighted by molar-refractivity contribution is 7.85. The molecular weight excluding hydrogens is 401 g/mol. The molecule has 2 aliphatic rings. The van der Waals surface area contributed by atoms with Crippen molar-refractivity contribution in [3.63, 3.8) is 0 Å². The molecule has 5 nitrogen and oxygen atoms in total. The van der Waals surface area contributed by atoms with Gasteiger partial charge in [0.05, 0.1) is 10.8 Å². The van der Waals surface area contributed by atoms with Crippen LogP contribution in [0.25, 0.3) is 11.1 Å². The molecule has 0 saturated heterocycles. The molecule has 2 aromatic carbocycles. The van der Waals surface area contributed by atoms with Crippen molar-refractivity contribution < 1.29 is 13.7 Å². The Labute approximate surface area is 177 Å². The molecular formula is C23H22FN3O2S. The average Bonchev–Trinajstić information content (AvgIpc) is 3.49. The third kappa shape index (κ3) is 3.32. The van der Waals surface area contributed by atoms with Crippen LogP contribution in [0.4, 0.5) is 16.0 Å². The lowest BCUT2D eigenvalue weighted by Gasteiger charge is -2.18. The lowest BCUT2D eigenvalue weighted by Crippen LogP contribution is -2.21. The van der Waals surface area contributed by atoms with Crippen LogP contribution >= 0.6 is 0 Å². The quantitative estimate of drug-likeness (QED) is 0.650. The molecule has 0 radical (unpaired) electrons. The standard InChI is InChI=1S/C23H22FN3O2S/c24-20-5-2-1-4-18(20)16-13-25-22(26-14-16)27-15-23(8-9-23)19-7-6-17(12-21(19)27)30(29)11-3-10-28/h1-2,4-7,12-14,28H,3,8-11,15H2. The molecule has 1 N–H and O–H groups in total. The summed E-state index contributed by atoms with van der Waals surface area (Å²) >= 11 is 0. The Balaban J connectivity index is 1.48. The maximum Gasteiger partial charge on any atom is 0.229 e. The Morgan fingerprint density at radius 1 is 1.13 bits per heavy atom. The smallest absolute Gasteiger partial charge is 0.229 e. The molecule has 1 fully saturated rings. The van der Waals surface area contributed by atoms with Crippen molar-refractivity contribution in [2.75, 3.05) is 23.8 Å². The first-order chi connectivity index (χ1) is 14.6. The van der Waals surface area contributed by atoms with Gasteiger partial charge in [0, 0.05) is 58.4 Å². The largest absolute Gasteiger partial charge is 0.396 e. The maximum atomic E-state index is 14.1. The molecule has 1 aliphatic heterocycles. The van der Waals surface area contributed by atoms with Crippen LogP contribution in [0.5, 0.6) is 0 Å². The molecule has 0 amide bonds. The van der Waals surface area contributed by atoms with E-state index < -0.39 is 10.8 Å². The summed E-state index contributed by atoms with van der Waals surface area (Å²) in [6, 6.07) is 12.6. The number of anilines is 2. The van der Waals surface area contributed by atoms with E-state index in [9.17, 15) is 8.60 Å². The summed E-state index contributed by atoms with van der Waals surface area (Å²) < 4.78 is 26.7. The van der Waals surface area contributed by atoms with E-state index in [0.717, 1.165) is 30.0 Å². The van der Waals surface area contributed by atoms with Crippen LogP contribution in [0.15, 0.2) is 59.8 Å². The van der Waals surface area contributed by atoms with E-state index in [1.165, 1.54) is 11.6 Å². The van der Waals surface area contributed by atoms with Gasteiger partial charge in [0.2, 0.25) is 5.95 Å². The second-order valence-electron chi connectivity index (χ2n) is 7.92. The van der Waals surface area contributed by atoms with Gasteiger partial charge in [-0.2, -0.15) is 0 Å². The predicted octanol–water partition coefficient (Wildman–Crippen LogP) is 3.96. The summed E-state index contributed by atoms with van der Waals surface area (Å²) in [7, 11) is -1.15. The van der Waals surface area contributed by atoms with Gasteiger partial charge in [0.25, 0.3) is 0 Å². The second kappa shape index (κ2) is 7.56. The number of rotatable bonds is 6. The maximum absolute atomic E-state index is 14.1. The Bertz CT molecular complexity index is 1120. The third-order valence-electron chi connectivity index (χ3n) is 5.96. The van der Waals surface area contributed by atoms with Gasteiger partial charge in [-0.1, -0.05) is 24.3 Å². The predicted molar refractivity (Wildman–Crippen MR) is 115 cm³/mol. The normalized spacial score (nSPS) is 17.2. The van der Waals surface area contributed by atoms with Crippen LogP contribution in [0, 0.1) is 5.82 Å². The monoisotopic (exact) mass is 423 g/mol. The zero-order valence-corrected chi connectivity index (χ0v) is 17.2. The lowest BCUT2D eigenvalue weighted by molar-refractivity contribution is 0.296. The van der Waals surface area contributed by atoms with Crippen LogP contribution in [-0.4, -0.2) is 38.2 Å². The minimum atomic E-state index is -1.15. The number of nitrogens with zero attached hydrogens (tertiary/aromatic N) is 3. The van der Waals surface area contributed by atoms with Gasteiger partial charge in [-0.15, -0.1) is 0 Å². The molecule has 1 saturated carbocycles. The third-order valence-corrected chi connectivity index (χ3v) is 7.40. The molecule has 7 heteroatoms. The van der Waals surface area contributed by atoms with Crippen molar-refractivity contribution in [2.45, 2.75) is 29.6 Å². The summed E-state index contributed by atoms with van der Waals surface area (Å²) in [6.07, 6.45) is 6.06. The Morgan fingerprint density at radius 3 is 2.60 bits per heavy atom. The first-order valence-corrected chi connectivity index (χ1v) is 11.4. The van der Waals surface area contributed by atoms with Gasteiger partial charge in [-0.05, 0) is 43.0 Å². The minimum absolute atomic E-state index is 0.0358. The molecule has 1 unspecified atom stereocenters. The van der Waals surface area contributed by atoms with Crippen LogP contribution < -0.4 is 4.90 Å². The van der Waals surface area contributed by atoms with E-state index in [1.807, 2.05) is 12.1 Å². The first kappa shape index (κ1) is 19.3. The van der Waals surface area contributed by atoms with Crippen molar-refractivity contribution in [3.8, 4) is 11.1 Å². The number of hydrogen-bond acceptors (Lipinski definition) is 5. The van der Waals surface area contributed by atoms with E-state index in [4.69, 9.17) is 5.11 Å². The van der Waals surface area contributed by atoms with E-state index >= 15 is 0 Å². The molecule has 1 spiro atoms. The van der Waals surface area contributed by atoms with E-state index in [1.54, 1.807) is 30.6 Å². The number of aliphatic hydroxyl groups excluding tert-OH is 1. The Kier molecular flexibility index (Phi) is 4.87. The van der Waals surface area contributed by atoms with Crippen LogP contribution in [-0.2, 0) is 16.2 Å². The fourth-order valence-corrected chi connectivity index (χ4v) is 5.25. The Morgan fingerprint density at radius 2 is 1.90 bits per heavy atom. The molecule has 3 aromatic rings. The first-order valence-electron chi connectivity index (χ1n) is 10.1. The number of benzene rings is 2. The molecule has 154 valence electrons. The molecule has 5 rings (SSSR count). The van der Waals surface area contributed by atoms with Crippen molar-refractivity contribution in [1.82, 2.24) is 9.97 Å². The van der Waals surface area contributed by atoms with E-state index in [0.29, 0.717) is 29.2 Å². The summed E-state index contributed by atoms with van der Waals surface area (Å²) in [5.74, 6) is 0.708. The average molecular weight is 424 g/mol. The molecule has 1 aromatic heterocycles. The fourth-order valence-electron chi connectivity index (χ4n) is 4.16. The second-order valence-corrected chi connectivity index (χ2v) is 9.49. The summed E-state index contributed by atoms with van der Waals surface area (Å²) in [5, 5.41) is 9.02. The van der Waals surface area contributed by atoms with Gasteiger partial charge in [-0.3, -0.25) is 4.21 Å². The number of halogens is 1. The van der Waals surface area contributed by atoms with Crippen LogP contribution in [0.2, 0.25) is 0 Å². The highest BCUT2D eigenvalue weighted by Crippen LogP contribution is 2.57. The van der Waals surface area contributed by atoms with Crippen molar-refractivity contribution in [3.05, 3.63) is 66.2 Å². The van der Waals surface area contributed by atoms with Crippen molar-refractivity contribution >= 4 is 22.4 Å². The molecule has 1 atom stereocenters. The minimum Gasteiger partial charge on any atom is -0.396 e. The number of fused-ring (bicyclic) bond motifs is 2. The summed E-state index contributed by atoms with van der Waals surface area (Å²) in [6.45, 7) is 0.836. The number of aromatic nitrogens is 2. The van der Waals surface area contributed by atoms with E-state index in [2.05, 4.69) is 20.9 Å².